The number of aromatic amines is 1. The molecular formula is C23H27N3O2. The van der Waals surface area contributed by atoms with Crippen LogP contribution in [-0.2, 0) is 17.6 Å². The molecule has 1 fully saturated rings. The van der Waals surface area contributed by atoms with E-state index in [-0.39, 0.29) is 6.42 Å². The van der Waals surface area contributed by atoms with E-state index in [0.29, 0.717) is 6.42 Å². The third-order valence-electron chi connectivity index (χ3n) is 5.98. The van der Waals surface area contributed by atoms with E-state index in [2.05, 4.69) is 10.2 Å². The van der Waals surface area contributed by atoms with Crippen molar-refractivity contribution < 1.29 is 9.90 Å². The van der Waals surface area contributed by atoms with Gasteiger partial charge in [0.05, 0.1) is 11.9 Å². The number of pyridine rings is 1. The zero-order valence-electron chi connectivity index (χ0n) is 16.2. The molecule has 0 unspecified atom stereocenters. The van der Waals surface area contributed by atoms with Crippen LogP contribution in [0.15, 0.2) is 36.5 Å². The van der Waals surface area contributed by atoms with Crippen molar-refractivity contribution in [2.75, 3.05) is 0 Å². The maximum atomic E-state index is 11.3. The van der Waals surface area contributed by atoms with Gasteiger partial charge in [0.1, 0.15) is 0 Å². The molecule has 5 heteroatoms. The molecule has 146 valence electrons. The van der Waals surface area contributed by atoms with Gasteiger partial charge in [-0.2, -0.15) is 5.10 Å². The molecule has 0 saturated heterocycles. The van der Waals surface area contributed by atoms with Gasteiger partial charge in [0.2, 0.25) is 0 Å². The molecule has 2 aromatic heterocycles. The SMILES string of the molecule is O=C(O)CCc1c(-c2ccccc2)nc2[nH]ncc2c1CCC1CCCCC1. The molecule has 3 aromatic rings. The number of nitrogens with one attached hydrogen (secondary N) is 1. The highest BCUT2D eigenvalue weighted by Crippen LogP contribution is 2.34. The van der Waals surface area contributed by atoms with Gasteiger partial charge in [-0.15, -0.1) is 0 Å². The minimum absolute atomic E-state index is 0.112. The minimum Gasteiger partial charge on any atom is -0.481 e. The molecule has 2 N–H and O–H groups in total. The number of hydrogen-bond donors (Lipinski definition) is 2. The third kappa shape index (κ3) is 4.08. The lowest BCUT2D eigenvalue weighted by Crippen LogP contribution is -2.10. The lowest BCUT2D eigenvalue weighted by Gasteiger charge is -2.22. The van der Waals surface area contributed by atoms with Crippen LogP contribution in [0.2, 0.25) is 0 Å². The Labute approximate surface area is 165 Å². The van der Waals surface area contributed by atoms with Gasteiger partial charge >= 0.3 is 5.97 Å². The topological polar surface area (TPSA) is 78.9 Å². The second-order valence-corrected chi connectivity index (χ2v) is 7.85. The van der Waals surface area contributed by atoms with Crippen molar-refractivity contribution in [3.8, 4) is 11.3 Å². The van der Waals surface area contributed by atoms with Gasteiger partial charge in [-0.25, -0.2) is 4.98 Å². The predicted octanol–water partition coefficient (Wildman–Crippen LogP) is 5.16. The summed E-state index contributed by atoms with van der Waals surface area (Å²) in [5.41, 5.74) is 5.00. The molecular weight excluding hydrogens is 350 g/mol. The largest absolute Gasteiger partial charge is 0.481 e. The van der Waals surface area contributed by atoms with Crippen molar-refractivity contribution in [3.05, 3.63) is 47.7 Å². The minimum atomic E-state index is -0.774. The number of benzene rings is 1. The Hall–Kier alpha value is -2.69. The van der Waals surface area contributed by atoms with Crippen LogP contribution in [0, 0.1) is 5.92 Å². The molecule has 2 heterocycles. The Balaban J connectivity index is 1.76. The van der Waals surface area contributed by atoms with E-state index in [1.54, 1.807) is 0 Å². The summed E-state index contributed by atoms with van der Waals surface area (Å²) in [4.78, 5) is 16.1. The van der Waals surface area contributed by atoms with Gasteiger partial charge in [0.15, 0.2) is 5.65 Å². The Morgan fingerprint density at radius 1 is 1.07 bits per heavy atom. The second-order valence-electron chi connectivity index (χ2n) is 7.85. The molecule has 0 spiro atoms. The monoisotopic (exact) mass is 377 g/mol. The summed E-state index contributed by atoms with van der Waals surface area (Å²) in [5.74, 6) is 0.000832. The zero-order chi connectivity index (χ0) is 19.3. The van der Waals surface area contributed by atoms with E-state index in [1.807, 2.05) is 36.5 Å². The van der Waals surface area contributed by atoms with Crippen molar-refractivity contribution >= 4 is 17.0 Å². The summed E-state index contributed by atoms with van der Waals surface area (Å²) in [7, 11) is 0. The van der Waals surface area contributed by atoms with Crippen LogP contribution < -0.4 is 0 Å². The fourth-order valence-corrected chi connectivity index (χ4v) is 4.52. The summed E-state index contributed by atoms with van der Waals surface area (Å²) in [6, 6.07) is 10.1. The first kappa shape index (κ1) is 18.7. The maximum Gasteiger partial charge on any atom is 0.303 e. The highest BCUT2D eigenvalue weighted by Gasteiger charge is 2.20. The molecule has 0 aliphatic heterocycles. The average molecular weight is 377 g/mol. The number of carbonyl (C=O) groups is 1. The van der Waals surface area contributed by atoms with Crippen molar-refractivity contribution in [2.45, 2.75) is 57.8 Å². The number of nitrogens with zero attached hydrogens (tertiary/aromatic N) is 2. The zero-order valence-corrected chi connectivity index (χ0v) is 16.2. The fraction of sp³-hybridized carbons (Fsp3) is 0.435. The Kier molecular flexibility index (Phi) is 5.70. The molecule has 1 aromatic carbocycles. The second kappa shape index (κ2) is 8.55. The van der Waals surface area contributed by atoms with E-state index in [0.717, 1.165) is 46.6 Å². The lowest BCUT2D eigenvalue weighted by atomic mass is 9.83. The van der Waals surface area contributed by atoms with Crippen LogP contribution in [0.5, 0.6) is 0 Å². The first-order chi connectivity index (χ1) is 13.7. The molecule has 1 aliphatic rings. The van der Waals surface area contributed by atoms with Gasteiger partial charge in [-0.05, 0) is 36.3 Å². The van der Waals surface area contributed by atoms with Crippen molar-refractivity contribution in [1.29, 1.82) is 0 Å². The molecule has 5 nitrogen and oxygen atoms in total. The van der Waals surface area contributed by atoms with Crippen LogP contribution in [0.4, 0.5) is 0 Å². The standard InChI is InChI=1S/C23H27N3O2/c27-21(28)14-13-19-18(12-11-16-7-3-1-4-8-16)20-15-24-26-23(20)25-22(19)17-9-5-2-6-10-17/h2,5-6,9-10,15-16H,1,3-4,7-8,11-14H2,(H,27,28)(H,24,25,26). The summed E-state index contributed by atoms with van der Waals surface area (Å²) < 4.78 is 0. The molecule has 0 radical (unpaired) electrons. The summed E-state index contributed by atoms with van der Waals surface area (Å²) in [6.45, 7) is 0. The number of aryl methyl sites for hydroxylation is 1. The van der Waals surface area contributed by atoms with Crippen LogP contribution in [0.3, 0.4) is 0 Å². The van der Waals surface area contributed by atoms with Crippen LogP contribution in [0.1, 0.15) is 56.1 Å². The summed E-state index contributed by atoms with van der Waals surface area (Å²) in [5, 5.41) is 17.6. The fourth-order valence-electron chi connectivity index (χ4n) is 4.52. The summed E-state index contributed by atoms with van der Waals surface area (Å²) in [6.07, 6.45) is 11.2. The number of rotatable bonds is 7. The molecule has 0 amide bonds. The number of carboxylic acid groups (broad SMARTS) is 1. The van der Waals surface area contributed by atoms with Crippen LogP contribution >= 0.6 is 0 Å². The quantitative estimate of drug-likeness (QED) is 0.596. The Morgan fingerprint density at radius 2 is 1.86 bits per heavy atom. The van der Waals surface area contributed by atoms with Crippen LogP contribution in [0.25, 0.3) is 22.3 Å². The molecule has 28 heavy (non-hydrogen) atoms. The van der Waals surface area contributed by atoms with Crippen molar-refractivity contribution in [2.24, 2.45) is 5.92 Å². The maximum absolute atomic E-state index is 11.3. The third-order valence-corrected chi connectivity index (χ3v) is 5.98. The first-order valence-electron chi connectivity index (χ1n) is 10.3. The highest BCUT2D eigenvalue weighted by atomic mass is 16.4. The molecule has 1 aliphatic carbocycles. The van der Waals surface area contributed by atoms with Crippen molar-refractivity contribution in [3.63, 3.8) is 0 Å². The van der Waals surface area contributed by atoms with E-state index in [9.17, 15) is 9.90 Å². The van der Waals surface area contributed by atoms with Gasteiger partial charge in [0, 0.05) is 17.4 Å². The van der Waals surface area contributed by atoms with E-state index < -0.39 is 5.97 Å². The number of fused-ring (bicyclic) bond motifs is 1. The Morgan fingerprint density at radius 3 is 2.61 bits per heavy atom. The van der Waals surface area contributed by atoms with Gasteiger partial charge < -0.3 is 5.11 Å². The molecule has 4 rings (SSSR count). The van der Waals surface area contributed by atoms with Crippen molar-refractivity contribution in [1.82, 2.24) is 15.2 Å². The number of hydrogen-bond acceptors (Lipinski definition) is 3. The van der Waals surface area contributed by atoms with E-state index in [1.165, 1.54) is 37.7 Å². The predicted molar refractivity (Wildman–Crippen MR) is 110 cm³/mol. The Bertz CT molecular complexity index is 943. The lowest BCUT2D eigenvalue weighted by molar-refractivity contribution is -0.136. The summed E-state index contributed by atoms with van der Waals surface area (Å²) >= 11 is 0. The highest BCUT2D eigenvalue weighted by molar-refractivity contribution is 5.84. The average Bonchev–Trinajstić information content (AvgIpc) is 3.20. The van der Waals surface area contributed by atoms with Crippen LogP contribution in [-0.4, -0.2) is 26.3 Å². The van der Waals surface area contributed by atoms with Gasteiger partial charge in [0.25, 0.3) is 0 Å². The number of H-pyrrole nitrogens is 1. The normalized spacial score (nSPS) is 15.1. The van der Waals surface area contributed by atoms with Gasteiger partial charge in [-0.1, -0.05) is 62.4 Å². The molecule has 0 atom stereocenters. The van der Waals surface area contributed by atoms with Gasteiger partial charge in [-0.3, -0.25) is 9.89 Å². The molecule has 0 bridgehead atoms. The molecule has 1 saturated carbocycles. The number of aliphatic carboxylic acids is 1. The van der Waals surface area contributed by atoms with E-state index in [4.69, 9.17) is 4.98 Å². The number of aromatic nitrogens is 3. The number of carboxylic acids is 1. The smallest absolute Gasteiger partial charge is 0.303 e. The first-order valence-corrected chi connectivity index (χ1v) is 10.3. The van der Waals surface area contributed by atoms with E-state index >= 15 is 0 Å².